The van der Waals surface area contributed by atoms with Crippen LogP contribution in [0.15, 0.2) is 36.4 Å². The van der Waals surface area contributed by atoms with Crippen LogP contribution in [0, 0.1) is 6.92 Å². The van der Waals surface area contributed by atoms with Gasteiger partial charge in [-0.2, -0.15) is 0 Å². The molecule has 0 saturated heterocycles. The Hall–Kier alpha value is -2.04. The SMILES string of the molecule is Cc1cc(Cl)ccc1NC(=O)c1ccc(Cl)cc1C(=O)NC(C)C. The second kappa shape index (κ2) is 7.69. The minimum atomic E-state index is -0.383. The zero-order chi connectivity index (χ0) is 17.9. The lowest BCUT2D eigenvalue weighted by Crippen LogP contribution is -2.32. The van der Waals surface area contributed by atoms with Crippen LogP contribution in [0.1, 0.15) is 40.1 Å². The third-order valence-electron chi connectivity index (χ3n) is 3.33. The van der Waals surface area contributed by atoms with Gasteiger partial charge >= 0.3 is 0 Å². The summed E-state index contributed by atoms with van der Waals surface area (Å²) in [5.74, 6) is -0.725. The van der Waals surface area contributed by atoms with E-state index < -0.39 is 0 Å². The molecule has 2 N–H and O–H groups in total. The second-order valence-corrected chi connectivity index (χ2v) is 6.60. The molecule has 2 aromatic rings. The van der Waals surface area contributed by atoms with Crippen molar-refractivity contribution in [3.63, 3.8) is 0 Å². The molecule has 0 saturated carbocycles. The first-order chi connectivity index (χ1) is 11.3. The van der Waals surface area contributed by atoms with E-state index in [0.29, 0.717) is 15.7 Å². The fourth-order valence-corrected chi connectivity index (χ4v) is 2.60. The average Bonchev–Trinajstić information content (AvgIpc) is 2.49. The maximum Gasteiger partial charge on any atom is 0.256 e. The van der Waals surface area contributed by atoms with Crippen LogP contribution in [0.5, 0.6) is 0 Å². The average molecular weight is 365 g/mol. The fraction of sp³-hybridized carbons (Fsp3) is 0.222. The van der Waals surface area contributed by atoms with Gasteiger partial charge in [0.25, 0.3) is 11.8 Å². The highest BCUT2D eigenvalue weighted by Crippen LogP contribution is 2.22. The van der Waals surface area contributed by atoms with Crippen LogP contribution in [-0.2, 0) is 0 Å². The van der Waals surface area contributed by atoms with Gasteiger partial charge < -0.3 is 10.6 Å². The summed E-state index contributed by atoms with van der Waals surface area (Å²) in [6, 6.07) is 9.73. The minimum absolute atomic E-state index is 0.0501. The highest BCUT2D eigenvalue weighted by molar-refractivity contribution is 6.31. The van der Waals surface area contributed by atoms with Gasteiger partial charge in [-0.05, 0) is 62.7 Å². The van der Waals surface area contributed by atoms with Crippen LogP contribution in [0.3, 0.4) is 0 Å². The number of carbonyl (C=O) groups excluding carboxylic acids is 2. The van der Waals surface area contributed by atoms with Gasteiger partial charge in [0.2, 0.25) is 0 Å². The number of anilines is 1. The molecule has 2 aromatic carbocycles. The van der Waals surface area contributed by atoms with Crippen LogP contribution in [0.25, 0.3) is 0 Å². The molecule has 6 heteroatoms. The number of aryl methyl sites for hydroxylation is 1. The zero-order valence-electron chi connectivity index (χ0n) is 13.6. The predicted octanol–water partition coefficient (Wildman–Crippen LogP) is 4.69. The van der Waals surface area contributed by atoms with Crippen molar-refractivity contribution < 1.29 is 9.59 Å². The molecule has 24 heavy (non-hydrogen) atoms. The van der Waals surface area contributed by atoms with E-state index in [1.807, 2.05) is 20.8 Å². The molecule has 0 radical (unpaired) electrons. The summed E-state index contributed by atoms with van der Waals surface area (Å²) in [5.41, 5.74) is 1.96. The lowest BCUT2D eigenvalue weighted by molar-refractivity contribution is 0.0931. The van der Waals surface area contributed by atoms with Crippen molar-refractivity contribution in [2.24, 2.45) is 0 Å². The quantitative estimate of drug-likeness (QED) is 0.826. The van der Waals surface area contributed by atoms with Gasteiger partial charge in [-0.15, -0.1) is 0 Å². The van der Waals surface area contributed by atoms with E-state index in [1.54, 1.807) is 24.3 Å². The maximum absolute atomic E-state index is 12.6. The van der Waals surface area contributed by atoms with Gasteiger partial charge in [0.15, 0.2) is 0 Å². The Bertz CT molecular complexity index is 789. The third-order valence-corrected chi connectivity index (χ3v) is 3.80. The molecular formula is C18H18Cl2N2O2. The van der Waals surface area contributed by atoms with Crippen LogP contribution >= 0.6 is 23.2 Å². The minimum Gasteiger partial charge on any atom is -0.350 e. The number of rotatable bonds is 4. The van der Waals surface area contributed by atoms with Gasteiger partial charge in [0.05, 0.1) is 11.1 Å². The van der Waals surface area contributed by atoms with Gasteiger partial charge in [0.1, 0.15) is 0 Å². The Morgan fingerprint density at radius 3 is 2.17 bits per heavy atom. The molecule has 2 amide bonds. The van der Waals surface area contributed by atoms with E-state index in [-0.39, 0.29) is 29.0 Å². The lowest BCUT2D eigenvalue weighted by Gasteiger charge is -2.14. The molecule has 0 aliphatic carbocycles. The summed E-state index contributed by atoms with van der Waals surface area (Å²) < 4.78 is 0. The predicted molar refractivity (Wildman–Crippen MR) is 98.2 cm³/mol. The van der Waals surface area contributed by atoms with Gasteiger partial charge in [-0.1, -0.05) is 23.2 Å². The molecule has 0 heterocycles. The summed E-state index contributed by atoms with van der Waals surface area (Å²) in [6.07, 6.45) is 0. The van der Waals surface area contributed by atoms with Crippen molar-refractivity contribution in [1.29, 1.82) is 0 Å². The molecule has 0 fully saturated rings. The fourth-order valence-electron chi connectivity index (χ4n) is 2.20. The largest absolute Gasteiger partial charge is 0.350 e. The normalized spacial score (nSPS) is 10.6. The Morgan fingerprint density at radius 2 is 1.54 bits per heavy atom. The number of hydrogen-bond acceptors (Lipinski definition) is 2. The number of amides is 2. The molecule has 0 aliphatic rings. The highest BCUT2D eigenvalue weighted by atomic mass is 35.5. The van der Waals surface area contributed by atoms with Gasteiger partial charge in [-0.25, -0.2) is 0 Å². The van der Waals surface area contributed by atoms with Crippen molar-refractivity contribution in [3.05, 3.63) is 63.1 Å². The molecule has 0 aromatic heterocycles. The first kappa shape index (κ1) is 18.3. The van der Waals surface area contributed by atoms with E-state index in [1.165, 1.54) is 12.1 Å². The molecule has 0 spiro atoms. The van der Waals surface area contributed by atoms with E-state index in [4.69, 9.17) is 23.2 Å². The van der Waals surface area contributed by atoms with E-state index in [0.717, 1.165) is 5.56 Å². The molecule has 4 nitrogen and oxygen atoms in total. The zero-order valence-corrected chi connectivity index (χ0v) is 15.1. The number of carbonyl (C=O) groups is 2. The van der Waals surface area contributed by atoms with E-state index in [2.05, 4.69) is 10.6 Å². The summed E-state index contributed by atoms with van der Waals surface area (Å²) in [4.78, 5) is 24.9. The summed E-state index contributed by atoms with van der Waals surface area (Å²) >= 11 is 11.9. The first-order valence-electron chi connectivity index (χ1n) is 7.46. The lowest BCUT2D eigenvalue weighted by atomic mass is 10.1. The number of halogens is 2. The Balaban J connectivity index is 2.33. The molecule has 2 rings (SSSR count). The van der Waals surface area contributed by atoms with Crippen molar-refractivity contribution in [2.45, 2.75) is 26.8 Å². The Kier molecular flexibility index (Phi) is 5.86. The van der Waals surface area contributed by atoms with Crippen molar-refractivity contribution in [2.75, 3.05) is 5.32 Å². The third kappa shape index (κ3) is 4.49. The molecule has 126 valence electrons. The van der Waals surface area contributed by atoms with Crippen molar-refractivity contribution >= 4 is 40.7 Å². The number of hydrogen-bond donors (Lipinski definition) is 2. The molecule has 0 atom stereocenters. The van der Waals surface area contributed by atoms with Crippen LogP contribution in [-0.4, -0.2) is 17.9 Å². The molecule has 0 aliphatic heterocycles. The smallest absolute Gasteiger partial charge is 0.256 e. The van der Waals surface area contributed by atoms with Crippen LogP contribution in [0.4, 0.5) is 5.69 Å². The van der Waals surface area contributed by atoms with Gasteiger partial charge in [0, 0.05) is 21.8 Å². The number of nitrogens with one attached hydrogen (secondary N) is 2. The van der Waals surface area contributed by atoms with Crippen molar-refractivity contribution in [1.82, 2.24) is 5.32 Å². The summed E-state index contributed by atoms with van der Waals surface area (Å²) in [7, 11) is 0. The Labute approximate surface area is 151 Å². The second-order valence-electron chi connectivity index (χ2n) is 5.73. The standard InChI is InChI=1S/C18H18Cl2N2O2/c1-10(2)21-18(24)15-9-13(20)4-6-14(15)17(23)22-16-7-5-12(19)8-11(16)3/h4-10H,1-3H3,(H,21,24)(H,22,23). The number of benzene rings is 2. The van der Waals surface area contributed by atoms with E-state index in [9.17, 15) is 9.59 Å². The molecule has 0 unspecified atom stereocenters. The molecule has 0 bridgehead atoms. The van der Waals surface area contributed by atoms with E-state index >= 15 is 0 Å². The first-order valence-corrected chi connectivity index (χ1v) is 8.21. The highest BCUT2D eigenvalue weighted by Gasteiger charge is 2.19. The van der Waals surface area contributed by atoms with Crippen LogP contribution in [0.2, 0.25) is 10.0 Å². The topological polar surface area (TPSA) is 58.2 Å². The monoisotopic (exact) mass is 364 g/mol. The van der Waals surface area contributed by atoms with Crippen LogP contribution < -0.4 is 10.6 Å². The Morgan fingerprint density at radius 1 is 0.917 bits per heavy atom. The summed E-state index contributed by atoms with van der Waals surface area (Å²) in [5, 5.41) is 6.55. The molecular weight excluding hydrogens is 347 g/mol. The van der Waals surface area contributed by atoms with Crippen molar-refractivity contribution in [3.8, 4) is 0 Å². The maximum atomic E-state index is 12.6. The summed E-state index contributed by atoms with van der Waals surface area (Å²) in [6.45, 7) is 5.54. The van der Waals surface area contributed by atoms with Gasteiger partial charge in [-0.3, -0.25) is 9.59 Å².